The molecule has 1 aromatic heterocycles. The van der Waals surface area contributed by atoms with E-state index in [-0.39, 0.29) is 17.8 Å². The van der Waals surface area contributed by atoms with Gasteiger partial charge in [0.1, 0.15) is 10.8 Å². The van der Waals surface area contributed by atoms with Crippen LogP contribution in [0.3, 0.4) is 0 Å². The molecule has 0 unspecified atom stereocenters. The summed E-state index contributed by atoms with van der Waals surface area (Å²) in [6, 6.07) is 6.48. The van der Waals surface area contributed by atoms with Crippen molar-refractivity contribution in [1.29, 1.82) is 0 Å². The lowest BCUT2D eigenvalue weighted by Crippen LogP contribution is -2.38. The molecule has 2 nitrogen and oxygen atoms in total. The summed E-state index contributed by atoms with van der Waals surface area (Å²) in [4.78, 5) is 4.58. The quantitative estimate of drug-likeness (QED) is 0.921. The lowest BCUT2D eigenvalue weighted by Gasteiger charge is -2.38. The predicted octanol–water partition coefficient (Wildman–Crippen LogP) is 3.36. The fourth-order valence-electron chi connectivity index (χ4n) is 2.37. The number of aliphatic hydroxyl groups is 1. The van der Waals surface area contributed by atoms with Gasteiger partial charge in [-0.3, -0.25) is 0 Å². The number of rotatable bonds is 3. The Morgan fingerprint density at radius 2 is 2.22 bits per heavy atom. The van der Waals surface area contributed by atoms with E-state index in [1.807, 2.05) is 11.4 Å². The van der Waals surface area contributed by atoms with Crippen molar-refractivity contribution >= 4 is 11.3 Å². The summed E-state index contributed by atoms with van der Waals surface area (Å²) in [5.74, 6) is -0.246. The van der Waals surface area contributed by atoms with Crippen LogP contribution in [0, 0.1) is 5.82 Å². The smallest absolute Gasteiger partial charge is 0.123 e. The summed E-state index contributed by atoms with van der Waals surface area (Å²) in [6.07, 6.45) is 3.14. The van der Waals surface area contributed by atoms with Gasteiger partial charge >= 0.3 is 0 Å². The van der Waals surface area contributed by atoms with Crippen LogP contribution in [0.5, 0.6) is 0 Å². The largest absolute Gasteiger partial charge is 0.395 e. The van der Waals surface area contributed by atoms with E-state index in [2.05, 4.69) is 4.98 Å². The van der Waals surface area contributed by atoms with Crippen LogP contribution < -0.4 is 0 Å². The van der Waals surface area contributed by atoms with E-state index in [9.17, 15) is 9.50 Å². The Labute approximate surface area is 109 Å². The third-order valence-electron chi connectivity index (χ3n) is 3.73. The molecule has 94 valence electrons. The van der Waals surface area contributed by atoms with Crippen LogP contribution in [0.15, 0.2) is 29.6 Å². The topological polar surface area (TPSA) is 33.1 Å². The molecular formula is C14H14FNOS. The van der Waals surface area contributed by atoms with Gasteiger partial charge in [-0.25, -0.2) is 9.37 Å². The molecule has 18 heavy (non-hydrogen) atoms. The number of aliphatic hydroxyl groups excluding tert-OH is 1. The van der Waals surface area contributed by atoms with Crippen molar-refractivity contribution in [3.63, 3.8) is 0 Å². The van der Waals surface area contributed by atoms with Gasteiger partial charge in [-0.05, 0) is 25.0 Å². The van der Waals surface area contributed by atoms with Gasteiger partial charge in [-0.2, -0.15) is 0 Å². The number of thiazole rings is 1. The minimum absolute atomic E-state index is 0.137. The highest BCUT2D eigenvalue weighted by Crippen LogP contribution is 2.44. The average molecular weight is 263 g/mol. The first-order valence-corrected chi connectivity index (χ1v) is 6.94. The van der Waals surface area contributed by atoms with Crippen LogP contribution >= 0.6 is 11.3 Å². The predicted molar refractivity (Wildman–Crippen MR) is 70.1 cm³/mol. The number of nitrogens with zero attached hydrogens (tertiary/aromatic N) is 1. The molecule has 0 spiro atoms. The molecule has 4 heteroatoms. The number of aromatic nitrogens is 1. The van der Waals surface area contributed by atoms with Crippen LogP contribution in [-0.2, 0) is 5.41 Å². The average Bonchev–Trinajstić information content (AvgIpc) is 2.78. The Hall–Kier alpha value is -1.26. The minimum Gasteiger partial charge on any atom is -0.395 e. The van der Waals surface area contributed by atoms with Crippen molar-refractivity contribution in [3.8, 4) is 10.6 Å². The molecule has 0 aliphatic heterocycles. The van der Waals surface area contributed by atoms with Gasteiger partial charge in [0.2, 0.25) is 0 Å². The molecule has 1 fully saturated rings. The maximum Gasteiger partial charge on any atom is 0.123 e. The number of benzene rings is 1. The van der Waals surface area contributed by atoms with E-state index < -0.39 is 0 Å². The normalized spacial score (nSPS) is 17.4. The molecule has 1 aliphatic rings. The number of halogens is 1. The van der Waals surface area contributed by atoms with Crippen LogP contribution in [0.1, 0.15) is 25.0 Å². The Bertz CT molecular complexity index is 557. The number of hydrogen-bond acceptors (Lipinski definition) is 3. The van der Waals surface area contributed by atoms with Crippen molar-refractivity contribution in [1.82, 2.24) is 4.98 Å². The van der Waals surface area contributed by atoms with Crippen molar-refractivity contribution in [3.05, 3.63) is 41.2 Å². The monoisotopic (exact) mass is 263 g/mol. The lowest BCUT2D eigenvalue weighted by atomic mass is 9.67. The molecule has 0 saturated heterocycles. The SMILES string of the molecule is OCC1(c2csc(-c3cccc(F)c3)n2)CCC1. The van der Waals surface area contributed by atoms with E-state index in [1.165, 1.54) is 23.5 Å². The molecule has 3 rings (SSSR count). The van der Waals surface area contributed by atoms with Crippen LogP contribution in [0.2, 0.25) is 0 Å². The fourth-order valence-corrected chi connectivity index (χ4v) is 3.31. The van der Waals surface area contributed by atoms with E-state index >= 15 is 0 Å². The first-order valence-electron chi connectivity index (χ1n) is 6.06. The van der Waals surface area contributed by atoms with Crippen molar-refractivity contribution < 1.29 is 9.50 Å². The zero-order chi connectivity index (χ0) is 12.6. The minimum atomic E-state index is -0.246. The van der Waals surface area contributed by atoms with E-state index in [4.69, 9.17) is 0 Å². The third kappa shape index (κ3) is 1.85. The fraction of sp³-hybridized carbons (Fsp3) is 0.357. The number of hydrogen-bond donors (Lipinski definition) is 1. The second-order valence-corrected chi connectivity index (χ2v) is 5.70. The van der Waals surface area contributed by atoms with Gasteiger partial charge in [0.25, 0.3) is 0 Å². The maximum atomic E-state index is 13.2. The Morgan fingerprint density at radius 1 is 1.39 bits per heavy atom. The molecule has 0 amide bonds. The van der Waals surface area contributed by atoms with Gasteiger partial charge in [-0.1, -0.05) is 18.6 Å². The summed E-state index contributed by atoms with van der Waals surface area (Å²) in [7, 11) is 0. The summed E-state index contributed by atoms with van der Waals surface area (Å²) >= 11 is 1.51. The Morgan fingerprint density at radius 3 is 2.83 bits per heavy atom. The summed E-state index contributed by atoms with van der Waals surface area (Å²) < 4.78 is 13.2. The summed E-state index contributed by atoms with van der Waals surface area (Å²) in [6.45, 7) is 0.152. The van der Waals surface area contributed by atoms with Gasteiger partial charge in [-0.15, -0.1) is 11.3 Å². The second kappa shape index (κ2) is 4.44. The molecule has 1 aliphatic carbocycles. The molecule has 1 N–H and O–H groups in total. The van der Waals surface area contributed by atoms with Crippen molar-refractivity contribution in [2.45, 2.75) is 24.7 Å². The maximum absolute atomic E-state index is 13.2. The Kier molecular flexibility index (Phi) is 2.92. The van der Waals surface area contributed by atoms with Crippen LogP contribution in [0.25, 0.3) is 10.6 Å². The zero-order valence-corrected chi connectivity index (χ0v) is 10.7. The van der Waals surface area contributed by atoms with Crippen molar-refractivity contribution in [2.75, 3.05) is 6.61 Å². The first kappa shape index (κ1) is 11.8. The highest BCUT2D eigenvalue weighted by Gasteiger charge is 2.40. The second-order valence-electron chi connectivity index (χ2n) is 4.84. The van der Waals surface area contributed by atoms with E-state index in [0.29, 0.717) is 0 Å². The summed E-state index contributed by atoms with van der Waals surface area (Å²) in [5.41, 5.74) is 1.63. The standard InChI is InChI=1S/C14H14FNOS/c15-11-4-1-3-10(7-11)13-16-12(8-18-13)14(9-17)5-2-6-14/h1,3-4,7-8,17H,2,5-6,9H2. The highest BCUT2D eigenvalue weighted by atomic mass is 32.1. The lowest BCUT2D eigenvalue weighted by molar-refractivity contribution is 0.117. The zero-order valence-electron chi connectivity index (χ0n) is 9.90. The molecule has 2 aromatic rings. The summed E-state index contributed by atoms with van der Waals surface area (Å²) in [5, 5.41) is 12.3. The van der Waals surface area contributed by atoms with Gasteiger partial charge in [0, 0.05) is 16.4 Å². The van der Waals surface area contributed by atoms with Gasteiger partial charge in [0.15, 0.2) is 0 Å². The van der Waals surface area contributed by atoms with Gasteiger partial charge < -0.3 is 5.11 Å². The molecule has 1 heterocycles. The molecular weight excluding hydrogens is 249 g/mol. The Balaban J connectivity index is 1.94. The molecule has 0 radical (unpaired) electrons. The molecule has 0 bridgehead atoms. The van der Waals surface area contributed by atoms with Crippen molar-refractivity contribution in [2.24, 2.45) is 0 Å². The van der Waals surface area contributed by atoms with Crippen LogP contribution in [0.4, 0.5) is 4.39 Å². The van der Waals surface area contributed by atoms with E-state index in [0.717, 1.165) is 35.5 Å². The molecule has 1 aromatic carbocycles. The van der Waals surface area contributed by atoms with Crippen LogP contribution in [-0.4, -0.2) is 16.7 Å². The van der Waals surface area contributed by atoms with E-state index in [1.54, 1.807) is 6.07 Å². The third-order valence-corrected chi connectivity index (χ3v) is 4.62. The first-order chi connectivity index (χ1) is 8.73. The molecule has 1 saturated carbocycles. The highest BCUT2D eigenvalue weighted by molar-refractivity contribution is 7.13. The molecule has 0 atom stereocenters. The van der Waals surface area contributed by atoms with Gasteiger partial charge in [0.05, 0.1) is 12.3 Å².